The van der Waals surface area contributed by atoms with Crippen LogP contribution in [0.1, 0.15) is 51.9 Å². The predicted molar refractivity (Wildman–Crippen MR) is 74.2 cm³/mol. The first kappa shape index (κ1) is 15.3. The molecular formula is C15H25NO4. The van der Waals surface area contributed by atoms with Crippen molar-refractivity contribution in [2.24, 2.45) is 0 Å². The van der Waals surface area contributed by atoms with Crippen LogP contribution in [0, 0.1) is 0 Å². The van der Waals surface area contributed by atoms with E-state index in [9.17, 15) is 9.59 Å². The number of hydrogen-bond donors (Lipinski definition) is 0. The summed E-state index contributed by atoms with van der Waals surface area (Å²) in [7, 11) is 0. The normalized spacial score (nSPS) is 25.4. The van der Waals surface area contributed by atoms with Crippen molar-refractivity contribution in [3.8, 4) is 0 Å². The minimum Gasteiger partial charge on any atom is -0.463 e. The Balaban J connectivity index is 1.68. The minimum atomic E-state index is -0.231. The van der Waals surface area contributed by atoms with E-state index in [-0.39, 0.29) is 30.4 Å². The number of esters is 1. The lowest BCUT2D eigenvalue weighted by Gasteiger charge is -2.32. The zero-order valence-corrected chi connectivity index (χ0v) is 12.3. The van der Waals surface area contributed by atoms with Crippen LogP contribution in [0.2, 0.25) is 0 Å². The van der Waals surface area contributed by atoms with Crippen LogP contribution < -0.4 is 0 Å². The van der Waals surface area contributed by atoms with Gasteiger partial charge in [-0.05, 0) is 39.0 Å². The summed E-state index contributed by atoms with van der Waals surface area (Å²) in [6, 6.07) is -0.0671. The second-order valence-corrected chi connectivity index (χ2v) is 5.77. The van der Waals surface area contributed by atoms with Gasteiger partial charge in [-0.15, -0.1) is 0 Å². The lowest BCUT2D eigenvalue weighted by atomic mass is 10.1. The van der Waals surface area contributed by atoms with Crippen molar-refractivity contribution in [3.63, 3.8) is 0 Å². The van der Waals surface area contributed by atoms with E-state index in [0.717, 1.165) is 45.3 Å². The van der Waals surface area contributed by atoms with Crippen LogP contribution in [0.25, 0.3) is 0 Å². The Hall–Kier alpha value is -1.10. The number of piperidine rings is 1. The number of carbonyl (C=O) groups is 2. The molecule has 0 saturated carbocycles. The van der Waals surface area contributed by atoms with Crippen molar-refractivity contribution in [1.29, 1.82) is 0 Å². The molecule has 0 radical (unpaired) electrons. The minimum absolute atomic E-state index is 0.0552. The second-order valence-electron chi connectivity index (χ2n) is 5.77. The van der Waals surface area contributed by atoms with Crippen molar-refractivity contribution in [3.05, 3.63) is 0 Å². The maximum atomic E-state index is 11.8. The lowest BCUT2D eigenvalue weighted by molar-refractivity contribution is -0.151. The number of ether oxygens (including phenoxy) is 2. The van der Waals surface area contributed by atoms with Gasteiger partial charge in [0.1, 0.15) is 6.61 Å². The van der Waals surface area contributed by atoms with Gasteiger partial charge in [-0.25, -0.2) is 0 Å². The van der Waals surface area contributed by atoms with Crippen molar-refractivity contribution < 1.29 is 19.1 Å². The number of nitrogens with zero attached hydrogens (tertiary/aromatic N) is 1. The third kappa shape index (κ3) is 4.47. The Kier molecular flexibility index (Phi) is 5.83. The molecule has 2 aliphatic heterocycles. The molecule has 2 unspecified atom stereocenters. The molecule has 2 saturated heterocycles. The molecule has 5 nitrogen and oxygen atoms in total. The molecule has 0 bridgehead atoms. The highest BCUT2D eigenvalue weighted by molar-refractivity contribution is 5.78. The quantitative estimate of drug-likeness (QED) is 0.723. The molecule has 0 aromatic heterocycles. The fraction of sp³-hybridized carbons (Fsp3) is 0.867. The smallest absolute Gasteiger partial charge is 0.307 e. The molecule has 20 heavy (non-hydrogen) atoms. The van der Waals surface area contributed by atoms with Gasteiger partial charge >= 0.3 is 5.97 Å². The number of amides is 1. The monoisotopic (exact) mass is 283 g/mol. The fourth-order valence-corrected chi connectivity index (χ4v) is 2.83. The van der Waals surface area contributed by atoms with Crippen LogP contribution in [-0.2, 0) is 19.1 Å². The highest BCUT2D eigenvalue weighted by Crippen LogP contribution is 2.17. The average Bonchev–Trinajstić information content (AvgIpc) is 2.46. The van der Waals surface area contributed by atoms with Crippen molar-refractivity contribution in [2.75, 3.05) is 19.8 Å². The molecule has 2 aliphatic rings. The molecule has 0 aliphatic carbocycles. The molecule has 0 aromatic carbocycles. The third-order valence-electron chi connectivity index (χ3n) is 4.06. The Morgan fingerprint density at radius 2 is 2.25 bits per heavy atom. The summed E-state index contributed by atoms with van der Waals surface area (Å²) in [5, 5.41) is 0. The van der Waals surface area contributed by atoms with Gasteiger partial charge in [0.2, 0.25) is 5.91 Å². The zero-order valence-electron chi connectivity index (χ0n) is 12.3. The largest absolute Gasteiger partial charge is 0.463 e. The van der Waals surface area contributed by atoms with E-state index >= 15 is 0 Å². The van der Waals surface area contributed by atoms with Gasteiger partial charge in [-0.3, -0.25) is 9.59 Å². The van der Waals surface area contributed by atoms with E-state index in [2.05, 4.69) is 0 Å². The van der Waals surface area contributed by atoms with E-state index in [1.54, 1.807) is 0 Å². The molecule has 5 heteroatoms. The fourth-order valence-electron chi connectivity index (χ4n) is 2.83. The van der Waals surface area contributed by atoms with Gasteiger partial charge < -0.3 is 14.4 Å². The van der Waals surface area contributed by atoms with Crippen LogP contribution in [-0.4, -0.2) is 48.7 Å². The molecule has 0 aromatic rings. The van der Waals surface area contributed by atoms with E-state index in [0.29, 0.717) is 13.0 Å². The van der Waals surface area contributed by atoms with Crippen LogP contribution in [0.15, 0.2) is 0 Å². The molecule has 114 valence electrons. The highest BCUT2D eigenvalue weighted by atomic mass is 16.6. The zero-order chi connectivity index (χ0) is 14.4. The average molecular weight is 283 g/mol. The van der Waals surface area contributed by atoms with Gasteiger partial charge in [0.05, 0.1) is 12.5 Å². The Bertz CT molecular complexity index is 339. The van der Waals surface area contributed by atoms with E-state index < -0.39 is 0 Å². The maximum Gasteiger partial charge on any atom is 0.307 e. The highest BCUT2D eigenvalue weighted by Gasteiger charge is 2.25. The summed E-state index contributed by atoms with van der Waals surface area (Å²) in [4.78, 5) is 25.4. The molecule has 0 N–H and O–H groups in total. The van der Waals surface area contributed by atoms with Gasteiger partial charge in [-0.2, -0.15) is 0 Å². The summed E-state index contributed by atoms with van der Waals surface area (Å²) in [6.07, 6.45) is 6.13. The topological polar surface area (TPSA) is 55.8 Å². The lowest BCUT2D eigenvalue weighted by Crippen LogP contribution is -2.43. The summed E-state index contributed by atoms with van der Waals surface area (Å²) >= 11 is 0. The molecule has 0 spiro atoms. The first-order valence-corrected chi connectivity index (χ1v) is 7.73. The number of carbonyl (C=O) groups excluding carboxylic acids is 2. The molecule has 1 amide bonds. The molecule has 2 heterocycles. The molecule has 2 rings (SSSR count). The van der Waals surface area contributed by atoms with Gasteiger partial charge in [-0.1, -0.05) is 0 Å². The Morgan fingerprint density at radius 3 is 2.95 bits per heavy atom. The van der Waals surface area contributed by atoms with Gasteiger partial charge in [0.25, 0.3) is 0 Å². The summed E-state index contributed by atoms with van der Waals surface area (Å²) in [5.74, 6) is -0.0720. The number of hydrogen-bond acceptors (Lipinski definition) is 4. The SMILES string of the molecule is CC(CC(=O)OCC1CCCCO1)N1CCCCC1=O. The second kappa shape index (κ2) is 7.62. The summed E-state index contributed by atoms with van der Waals surface area (Å²) in [5.41, 5.74) is 0. The maximum absolute atomic E-state index is 11.8. The van der Waals surface area contributed by atoms with Crippen LogP contribution in [0.3, 0.4) is 0 Å². The Morgan fingerprint density at radius 1 is 1.40 bits per heavy atom. The van der Waals surface area contributed by atoms with Crippen LogP contribution in [0.5, 0.6) is 0 Å². The molecular weight excluding hydrogens is 258 g/mol. The number of likely N-dealkylation sites (tertiary alicyclic amines) is 1. The van der Waals surface area contributed by atoms with Gasteiger partial charge in [0, 0.05) is 25.6 Å². The van der Waals surface area contributed by atoms with Gasteiger partial charge in [0.15, 0.2) is 0 Å². The number of rotatable bonds is 5. The first-order chi connectivity index (χ1) is 9.66. The van der Waals surface area contributed by atoms with Crippen molar-refractivity contribution >= 4 is 11.9 Å². The van der Waals surface area contributed by atoms with E-state index in [4.69, 9.17) is 9.47 Å². The van der Waals surface area contributed by atoms with Crippen molar-refractivity contribution in [1.82, 2.24) is 4.90 Å². The van der Waals surface area contributed by atoms with E-state index in [1.807, 2.05) is 11.8 Å². The van der Waals surface area contributed by atoms with Crippen molar-refractivity contribution in [2.45, 2.75) is 64.0 Å². The Labute approximate surface area is 120 Å². The summed E-state index contributed by atoms with van der Waals surface area (Å²) in [6.45, 7) is 3.79. The summed E-state index contributed by atoms with van der Waals surface area (Å²) < 4.78 is 10.8. The molecule has 2 atom stereocenters. The molecule has 2 fully saturated rings. The predicted octanol–water partition coefficient (Wildman–Crippen LogP) is 1.89. The van der Waals surface area contributed by atoms with E-state index in [1.165, 1.54) is 0 Å². The third-order valence-corrected chi connectivity index (χ3v) is 4.06. The van der Waals surface area contributed by atoms with Crippen LogP contribution >= 0.6 is 0 Å². The first-order valence-electron chi connectivity index (χ1n) is 7.73. The standard InChI is InChI=1S/C15H25NO4/c1-12(16-8-4-2-7-14(16)17)10-15(18)20-11-13-6-3-5-9-19-13/h12-13H,2-11H2,1H3. The van der Waals surface area contributed by atoms with Crippen LogP contribution in [0.4, 0.5) is 0 Å².